The zero-order chi connectivity index (χ0) is 11.8. The van der Waals surface area contributed by atoms with E-state index in [-0.39, 0.29) is 5.54 Å². The minimum Gasteiger partial charge on any atom is -0.496 e. The van der Waals surface area contributed by atoms with E-state index in [1.165, 1.54) is 13.2 Å². The van der Waals surface area contributed by atoms with Gasteiger partial charge in [-0.15, -0.1) is 0 Å². The van der Waals surface area contributed by atoms with Crippen molar-refractivity contribution in [2.45, 2.75) is 25.3 Å². The molecule has 1 saturated heterocycles. The molecular formula is C12H15F2NO. The summed E-state index contributed by atoms with van der Waals surface area (Å²) in [6.07, 6.45) is 1.92. The third kappa shape index (κ3) is 1.78. The Kier molecular flexibility index (Phi) is 2.84. The molecule has 1 aromatic rings. The molecule has 0 bridgehead atoms. The number of halogens is 2. The molecule has 2 nitrogen and oxygen atoms in total. The lowest BCUT2D eigenvalue weighted by Gasteiger charge is -2.27. The normalized spacial score (nSPS) is 24.8. The Morgan fingerprint density at radius 3 is 2.56 bits per heavy atom. The molecular weight excluding hydrogens is 212 g/mol. The molecule has 0 amide bonds. The van der Waals surface area contributed by atoms with E-state index in [0.29, 0.717) is 11.3 Å². The average molecular weight is 227 g/mol. The van der Waals surface area contributed by atoms with Crippen molar-refractivity contribution in [2.75, 3.05) is 13.7 Å². The molecule has 1 fully saturated rings. The molecule has 0 radical (unpaired) electrons. The third-order valence-electron chi connectivity index (χ3n) is 3.21. The summed E-state index contributed by atoms with van der Waals surface area (Å²) in [6.45, 7) is 2.87. The van der Waals surface area contributed by atoms with Gasteiger partial charge in [0, 0.05) is 17.2 Å². The first-order chi connectivity index (χ1) is 7.57. The van der Waals surface area contributed by atoms with Crippen LogP contribution in [0.1, 0.15) is 25.3 Å². The van der Waals surface area contributed by atoms with Crippen molar-refractivity contribution < 1.29 is 13.5 Å². The quantitative estimate of drug-likeness (QED) is 0.838. The molecule has 16 heavy (non-hydrogen) atoms. The van der Waals surface area contributed by atoms with Crippen LogP contribution in [-0.4, -0.2) is 13.7 Å². The Labute approximate surface area is 93.6 Å². The Balaban J connectivity index is 2.50. The first-order valence-electron chi connectivity index (χ1n) is 5.35. The van der Waals surface area contributed by atoms with Crippen LogP contribution >= 0.6 is 0 Å². The van der Waals surface area contributed by atoms with Crippen molar-refractivity contribution >= 4 is 0 Å². The van der Waals surface area contributed by atoms with Crippen LogP contribution < -0.4 is 10.1 Å². The van der Waals surface area contributed by atoms with Gasteiger partial charge in [-0.25, -0.2) is 8.78 Å². The summed E-state index contributed by atoms with van der Waals surface area (Å²) >= 11 is 0. The molecule has 4 heteroatoms. The summed E-state index contributed by atoms with van der Waals surface area (Å²) in [5.41, 5.74) is 0.367. The molecule has 1 heterocycles. The first kappa shape index (κ1) is 11.3. The van der Waals surface area contributed by atoms with E-state index in [4.69, 9.17) is 4.74 Å². The van der Waals surface area contributed by atoms with E-state index in [1.54, 1.807) is 0 Å². The maximum atomic E-state index is 13.3. The summed E-state index contributed by atoms with van der Waals surface area (Å²) in [5, 5.41) is 3.30. The van der Waals surface area contributed by atoms with Crippen molar-refractivity contribution in [3.63, 3.8) is 0 Å². The number of hydrogen-bond acceptors (Lipinski definition) is 2. The topological polar surface area (TPSA) is 21.3 Å². The molecule has 0 spiro atoms. The van der Waals surface area contributed by atoms with E-state index in [9.17, 15) is 8.78 Å². The van der Waals surface area contributed by atoms with Crippen molar-refractivity contribution in [2.24, 2.45) is 0 Å². The van der Waals surface area contributed by atoms with E-state index in [2.05, 4.69) is 5.32 Å². The molecule has 1 aliphatic rings. The SMILES string of the molecule is COc1cc(F)c(F)cc1C1(C)CCCN1. The Morgan fingerprint density at radius 2 is 2.00 bits per heavy atom. The van der Waals surface area contributed by atoms with Crippen LogP contribution in [0.2, 0.25) is 0 Å². The average Bonchev–Trinajstić information content (AvgIpc) is 2.69. The molecule has 0 aliphatic carbocycles. The fourth-order valence-electron chi connectivity index (χ4n) is 2.25. The van der Waals surface area contributed by atoms with Gasteiger partial charge in [-0.1, -0.05) is 0 Å². The highest BCUT2D eigenvalue weighted by atomic mass is 19.2. The van der Waals surface area contributed by atoms with Gasteiger partial charge in [0.05, 0.1) is 7.11 Å². The predicted molar refractivity (Wildman–Crippen MR) is 57.5 cm³/mol. The number of nitrogens with one attached hydrogen (secondary N) is 1. The Morgan fingerprint density at radius 1 is 1.31 bits per heavy atom. The maximum absolute atomic E-state index is 13.3. The minimum atomic E-state index is -0.873. The second-order valence-corrected chi connectivity index (χ2v) is 4.33. The smallest absolute Gasteiger partial charge is 0.162 e. The van der Waals surface area contributed by atoms with Crippen LogP contribution in [0, 0.1) is 11.6 Å². The van der Waals surface area contributed by atoms with Gasteiger partial charge in [0.15, 0.2) is 11.6 Å². The van der Waals surface area contributed by atoms with Crippen LogP contribution in [0.3, 0.4) is 0 Å². The van der Waals surface area contributed by atoms with Crippen molar-refractivity contribution in [1.29, 1.82) is 0 Å². The molecule has 1 unspecified atom stereocenters. The van der Waals surface area contributed by atoms with Crippen molar-refractivity contribution in [1.82, 2.24) is 5.32 Å². The molecule has 0 aromatic heterocycles. The highest BCUT2D eigenvalue weighted by molar-refractivity contribution is 5.40. The Bertz CT molecular complexity index is 400. The second kappa shape index (κ2) is 4.01. The van der Waals surface area contributed by atoms with Crippen molar-refractivity contribution in [3.05, 3.63) is 29.3 Å². The Hall–Kier alpha value is -1.16. The van der Waals surface area contributed by atoms with Crippen LogP contribution in [0.15, 0.2) is 12.1 Å². The molecule has 1 aromatic carbocycles. The summed E-state index contributed by atoms with van der Waals surface area (Å²) < 4.78 is 31.5. The number of hydrogen-bond donors (Lipinski definition) is 1. The largest absolute Gasteiger partial charge is 0.496 e. The lowest BCUT2D eigenvalue weighted by molar-refractivity contribution is 0.363. The molecule has 1 N–H and O–H groups in total. The van der Waals surface area contributed by atoms with Crippen LogP contribution in [0.4, 0.5) is 8.78 Å². The van der Waals surface area contributed by atoms with Gasteiger partial charge in [-0.05, 0) is 32.4 Å². The standard InChI is InChI=1S/C12H15F2NO/c1-12(4-3-5-15-12)8-6-9(13)10(14)7-11(8)16-2/h6-7,15H,3-5H2,1-2H3. The monoisotopic (exact) mass is 227 g/mol. The lowest BCUT2D eigenvalue weighted by atomic mass is 9.89. The number of benzene rings is 1. The predicted octanol–water partition coefficient (Wildman–Crippen LogP) is 2.57. The fourth-order valence-corrected chi connectivity index (χ4v) is 2.25. The highest BCUT2D eigenvalue weighted by Crippen LogP contribution is 2.37. The zero-order valence-electron chi connectivity index (χ0n) is 9.44. The van der Waals surface area contributed by atoms with Gasteiger partial charge in [0.25, 0.3) is 0 Å². The summed E-state index contributed by atoms with van der Waals surface area (Å²) in [4.78, 5) is 0. The van der Waals surface area contributed by atoms with Gasteiger partial charge in [-0.2, -0.15) is 0 Å². The first-order valence-corrected chi connectivity index (χ1v) is 5.35. The van der Waals surface area contributed by atoms with Gasteiger partial charge < -0.3 is 10.1 Å². The molecule has 88 valence electrons. The molecule has 2 rings (SSSR count). The second-order valence-electron chi connectivity index (χ2n) is 4.33. The summed E-state index contributed by atoms with van der Waals surface area (Å²) in [5.74, 6) is -1.30. The number of methoxy groups -OCH3 is 1. The molecule has 1 aliphatic heterocycles. The van der Waals surface area contributed by atoms with Gasteiger partial charge in [0.1, 0.15) is 5.75 Å². The van der Waals surface area contributed by atoms with E-state index in [1.807, 2.05) is 6.92 Å². The zero-order valence-corrected chi connectivity index (χ0v) is 9.44. The number of ether oxygens (including phenoxy) is 1. The lowest BCUT2D eigenvalue weighted by Crippen LogP contribution is -2.33. The van der Waals surface area contributed by atoms with E-state index < -0.39 is 11.6 Å². The van der Waals surface area contributed by atoms with Gasteiger partial charge >= 0.3 is 0 Å². The number of rotatable bonds is 2. The maximum Gasteiger partial charge on any atom is 0.162 e. The summed E-state index contributed by atoms with van der Waals surface area (Å²) in [7, 11) is 1.47. The van der Waals surface area contributed by atoms with Crippen LogP contribution in [0.25, 0.3) is 0 Å². The van der Waals surface area contributed by atoms with Crippen molar-refractivity contribution in [3.8, 4) is 5.75 Å². The van der Waals surface area contributed by atoms with Gasteiger partial charge in [-0.3, -0.25) is 0 Å². The van der Waals surface area contributed by atoms with E-state index >= 15 is 0 Å². The summed E-state index contributed by atoms with van der Waals surface area (Å²) in [6, 6.07) is 2.34. The molecule has 0 saturated carbocycles. The highest BCUT2D eigenvalue weighted by Gasteiger charge is 2.33. The third-order valence-corrected chi connectivity index (χ3v) is 3.21. The van der Waals surface area contributed by atoms with Crippen LogP contribution in [-0.2, 0) is 5.54 Å². The van der Waals surface area contributed by atoms with Crippen LogP contribution in [0.5, 0.6) is 5.75 Å². The fraction of sp³-hybridized carbons (Fsp3) is 0.500. The van der Waals surface area contributed by atoms with Gasteiger partial charge in [0.2, 0.25) is 0 Å². The minimum absolute atomic E-state index is 0.320. The van der Waals surface area contributed by atoms with E-state index in [0.717, 1.165) is 25.5 Å². The molecule has 1 atom stereocenters.